The number of fused-ring (bicyclic) bond motifs is 1. The van der Waals surface area contributed by atoms with Crippen molar-refractivity contribution in [2.45, 2.75) is 6.92 Å². The second-order valence-corrected chi connectivity index (χ2v) is 4.26. The van der Waals surface area contributed by atoms with E-state index in [9.17, 15) is 4.79 Å². The van der Waals surface area contributed by atoms with E-state index in [4.69, 9.17) is 0 Å². The number of H-pyrrole nitrogens is 1. The van der Waals surface area contributed by atoms with Gasteiger partial charge >= 0.3 is 0 Å². The third-order valence-corrected chi connectivity index (χ3v) is 2.86. The number of nitrogens with zero attached hydrogens (tertiary/aromatic N) is 2. The first-order chi connectivity index (χ1) is 9.24. The number of aromatic amines is 1. The Morgan fingerprint density at radius 3 is 2.89 bits per heavy atom. The summed E-state index contributed by atoms with van der Waals surface area (Å²) < 4.78 is 0. The number of aryl methyl sites for hydroxylation is 1. The van der Waals surface area contributed by atoms with E-state index in [1.165, 1.54) is 0 Å². The molecule has 19 heavy (non-hydrogen) atoms. The standard InChI is InChI=1S/C14H12N4O/c1-9-4-2-7-13(16-9)17-14(19)10-5-3-6-12-11(10)8-15-18-12/h2-8H,1H3,(H,15,18)(H,16,17,19). The van der Waals surface area contributed by atoms with Crippen LogP contribution in [-0.4, -0.2) is 21.1 Å². The number of anilines is 1. The number of rotatable bonds is 2. The van der Waals surface area contributed by atoms with Crippen LogP contribution < -0.4 is 5.32 Å². The SMILES string of the molecule is Cc1cccc(NC(=O)c2cccc3[nH]ncc23)n1. The molecule has 5 nitrogen and oxygen atoms in total. The molecule has 0 aliphatic rings. The Balaban J connectivity index is 1.94. The Labute approximate surface area is 109 Å². The molecule has 2 heterocycles. The number of pyridine rings is 1. The summed E-state index contributed by atoms with van der Waals surface area (Å²) in [6.07, 6.45) is 1.65. The molecule has 0 aliphatic carbocycles. The summed E-state index contributed by atoms with van der Waals surface area (Å²) in [6.45, 7) is 1.88. The minimum Gasteiger partial charge on any atom is -0.307 e. The average Bonchev–Trinajstić information content (AvgIpc) is 2.86. The van der Waals surface area contributed by atoms with Gasteiger partial charge in [-0.25, -0.2) is 4.98 Å². The van der Waals surface area contributed by atoms with Gasteiger partial charge in [0.05, 0.1) is 17.3 Å². The molecule has 2 N–H and O–H groups in total. The number of benzene rings is 1. The Hall–Kier alpha value is -2.69. The van der Waals surface area contributed by atoms with E-state index in [1.54, 1.807) is 18.3 Å². The van der Waals surface area contributed by atoms with E-state index >= 15 is 0 Å². The van der Waals surface area contributed by atoms with E-state index < -0.39 is 0 Å². The highest BCUT2D eigenvalue weighted by Gasteiger charge is 2.11. The molecule has 0 spiro atoms. The Morgan fingerprint density at radius 2 is 2.05 bits per heavy atom. The number of carbonyl (C=O) groups excluding carboxylic acids is 1. The summed E-state index contributed by atoms with van der Waals surface area (Å²) in [5.74, 6) is 0.357. The first-order valence-electron chi connectivity index (χ1n) is 5.91. The summed E-state index contributed by atoms with van der Waals surface area (Å²) >= 11 is 0. The van der Waals surface area contributed by atoms with Crippen LogP contribution in [0.25, 0.3) is 10.9 Å². The fraction of sp³-hybridized carbons (Fsp3) is 0.0714. The van der Waals surface area contributed by atoms with Gasteiger partial charge in [-0.1, -0.05) is 12.1 Å². The highest BCUT2D eigenvalue weighted by atomic mass is 16.1. The van der Waals surface area contributed by atoms with Crippen molar-refractivity contribution in [1.29, 1.82) is 0 Å². The van der Waals surface area contributed by atoms with Gasteiger partial charge in [0.1, 0.15) is 5.82 Å². The molecule has 1 aromatic carbocycles. The van der Waals surface area contributed by atoms with E-state index in [2.05, 4.69) is 20.5 Å². The molecule has 0 atom stereocenters. The molecule has 0 saturated carbocycles. The Kier molecular flexibility index (Phi) is 2.72. The van der Waals surface area contributed by atoms with Gasteiger partial charge in [-0.05, 0) is 31.2 Å². The number of nitrogens with one attached hydrogen (secondary N) is 2. The third kappa shape index (κ3) is 2.18. The van der Waals surface area contributed by atoms with Crippen molar-refractivity contribution in [2.75, 3.05) is 5.32 Å². The number of hydrogen-bond donors (Lipinski definition) is 2. The van der Waals surface area contributed by atoms with Gasteiger partial charge in [-0.2, -0.15) is 5.10 Å². The fourth-order valence-corrected chi connectivity index (χ4v) is 1.96. The number of amides is 1. The molecule has 0 aliphatic heterocycles. The van der Waals surface area contributed by atoms with Crippen LogP contribution in [0.1, 0.15) is 16.1 Å². The van der Waals surface area contributed by atoms with Crippen LogP contribution in [0.3, 0.4) is 0 Å². The minimum atomic E-state index is -0.190. The maximum atomic E-state index is 12.2. The zero-order valence-electron chi connectivity index (χ0n) is 10.3. The van der Waals surface area contributed by atoms with Gasteiger partial charge in [0, 0.05) is 11.1 Å². The van der Waals surface area contributed by atoms with Crippen LogP contribution in [0, 0.1) is 6.92 Å². The summed E-state index contributed by atoms with van der Waals surface area (Å²) in [5, 5.41) is 10.4. The van der Waals surface area contributed by atoms with Crippen molar-refractivity contribution >= 4 is 22.6 Å². The summed E-state index contributed by atoms with van der Waals surface area (Å²) in [4.78, 5) is 16.5. The third-order valence-electron chi connectivity index (χ3n) is 2.86. The number of hydrogen-bond acceptors (Lipinski definition) is 3. The minimum absolute atomic E-state index is 0.190. The molecule has 0 unspecified atom stereocenters. The predicted octanol–water partition coefficient (Wildman–Crippen LogP) is 2.52. The molecule has 0 bridgehead atoms. The molecule has 0 saturated heterocycles. The molecule has 3 rings (SSSR count). The van der Waals surface area contributed by atoms with Gasteiger partial charge < -0.3 is 5.32 Å². The van der Waals surface area contributed by atoms with Gasteiger partial charge in [-0.3, -0.25) is 9.89 Å². The Bertz CT molecular complexity index is 748. The van der Waals surface area contributed by atoms with E-state index in [1.807, 2.05) is 31.2 Å². The first kappa shape index (κ1) is 11.4. The molecule has 5 heteroatoms. The maximum Gasteiger partial charge on any atom is 0.257 e. The molecular formula is C14H12N4O. The molecule has 94 valence electrons. The van der Waals surface area contributed by atoms with E-state index in [0.29, 0.717) is 11.4 Å². The van der Waals surface area contributed by atoms with Gasteiger partial charge in [0.25, 0.3) is 5.91 Å². The predicted molar refractivity (Wildman–Crippen MR) is 73.0 cm³/mol. The number of carbonyl (C=O) groups is 1. The largest absolute Gasteiger partial charge is 0.307 e. The van der Waals surface area contributed by atoms with E-state index in [-0.39, 0.29) is 5.91 Å². The zero-order valence-corrected chi connectivity index (χ0v) is 10.3. The maximum absolute atomic E-state index is 12.2. The summed E-state index contributed by atoms with van der Waals surface area (Å²) in [7, 11) is 0. The monoisotopic (exact) mass is 252 g/mol. The quantitative estimate of drug-likeness (QED) is 0.736. The van der Waals surface area contributed by atoms with Crippen LogP contribution in [0.15, 0.2) is 42.6 Å². The average molecular weight is 252 g/mol. The van der Waals surface area contributed by atoms with Crippen LogP contribution in [-0.2, 0) is 0 Å². The zero-order chi connectivity index (χ0) is 13.2. The summed E-state index contributed by atoms with van der Waals surface area (Å²) in [5.41, 5.74) is 2.28. The lowest BCUT2D eigenvalue weighted by atomic mass is 10.1. The highest BCUT2D eigenvalue weighted by Crippen LogP contribution is 2.17. The fourth-order valence-electron chi connectivity index (χ4n) is 1.96. The van der Waals surface area contributed by atoms with Crippen LogP contribution >= 0.6 is 0 Å². The molecule has 3 aromatic rings. The molecular weight excluding hydrogens is 240 g/mol. The van der Waals surface area contributed by atoms with Crippen molar-refractivity contribution in [3.8, 4) is 0 Å². The second-order valence-electron chi connectivity index (χ2n) is 4.26. The van der Waals surface area contributed by atoms with Crippen molar-refractivity contribution in [1.82, 2.24) is 15.2 Å². The lowest BCUT2D eigenvalue weighted by Gasteiger charge is -2.05. The van der Waals surface area contributed by atoms with Gasteiger partial charge in [0.15, 0.2) is 0 Å². The highest BCUT2D eigenvalue weighted by molar-refractivity contribution is 6.11. The van der Waals surface area contributed by atoms with E-state index in [0.717, 1.165) is 16.6 Å². The lowest BCUT2D eigenvalue weighted by Crippen LogP contribution is -2.13. The van der Waals surface area contributed by atoms with Crippen molar-refractivity contribution in [2.24, 2.45) is 0 Å². The smallest absolute Gasteiger partial charge is 0.257 e. The first-order valence-corrected chi connectivity index (χ1v) is 5.91. The Morgan fingerprint density at radius 1 is 1.21 bits per heavy atom. The lowest BCUT2D eigenvalue weighted by molar-refractivity contribution is 0.102. The van der Waals surface area contributed by atoms with Crippen LogP contribution in [0.4, 0.5) is 5.82 Å². The summed E-state index contributed by atoms with van der Waals surface area (Å²) in [6, 6.07) is 11.0. The molecule has 2 aromatic heterocycles. The van der Waals surface area contributed by atoms with Gasteiger partial charge in [-0.15, -0.1) is 0 Å². The van der Waals surface area contributed by atoms with Crippen molar-refractivity contribution in [3.63, 3.8) is 0 Å². The van der Waals surface area contributed by atoms with Crippen LogP contribution in [0.5, 0.6) is 0 Å². The van der Waals surface area contributed by atoms with Crippen molar-refractivity contribution < 1.29 is 4.79 Å². The molecule has 0 fully saturated rings. The number of aromatic nitrogens is 3. The normalized spacial score (nSPS) is 10.6. The van der Waals surface area contributed by atoms with Crippen LogP contribution in [0.2, 0.25) is 0 Å². The van der Waals surface area contributed by atoms with Crippen molar-refractivity contribution in [3.05, 3.63) is 53.9 Å². The second kappa shape index (κ2) is 4.53. The van der Waals surface area contributed by atoms with Gasteiger partial charge in [0.2, 0.25) is 0 Å². The molecule has 1 amide bonds. The molecule has 0 radical (unpaired) electrons. The topological polar surface area (TPSA) is 70.7 Å².